The number of hydrogen-bond donors (Lipinski definition) is 4. The van der Waals surface area contributed by atoms with Gasteiger partial charge in [0, 0.05) is 17.8 Å². The van der Waals surface area contributed by atoms with Crippen molar-refractivity contribution in [2.24, 2.45) is 5.92 Å². The molecule has 2 unspecified atom stereocenters. The highest BCUT2D eigenvalue weighted by Gasteiger charge is 2.42. The van der Waals surface area contributed by atoms with Crippen LogP contribution < -0.4 is 5.69 Å². The van der Waals surface area contributed by atoms with Crippen molar-refractivity contribution in [3.8, 4) is 0 Å². The predicted molar refractivity (Wildman–Crippen MR) is 89.3 cm³/mol. The van der Waals surface area contributed by atoms with Crippen LogP contribution in [-0.2, 0) is 26.8 Å². The van der Waals surface area contributed by atoms with Crippen molar-refractivity contribution in [3.05, 3.63) is 40.6 Å². The summed E-state index contributed by atoms with van der Waals surface area (Å²) >= 11 is 0. The van der Waals surface area contributed by atoms with Crippen molar-refractivity contribution in [1.82, 2.24) is 9.55 Å². The van der Waals surface area contributed by atoms with Crippen LogP contribution in [0.3, 0.4) is 0 Å². The van der Waals surface area contributed by atoms with E-state index in [9.17, 15) is 23.4 Å². The summed E-state index contributed by atoms with van der Waals surface area (Å²) in [6.45, 7) is 4.98. The molecule has 1 heterocycles. The van der Waals surface area contributed by atoms with Crippen LogP contribution in [0.2, 0.25) is 0 Å². The fraction of sp³-hybridized carbons (Fsp3) is 0.455. The molecule has 0 radical (unpaired) electrons. The Morgan fingerprint density at radius 3 is 2.37 bits per heavy atom. The average molecular weight is 446 g/mol. The number of phosphoric acid groups is 3. The molecular weight excluding hydrogens is 429 g/mol. The lowest BCUT2D eigenvalue weighted by atomic mass is 9.76. The minimum absolute atomic E-state index is 0.319. The van der Waals surface area contributed by atoms with Crippen molar-refractivity contribution in [1.29, 1.82) is 0 Å². The van der Waals surface area contributed by atoms with E-state index in [0.29, 0.717) is 17.7 Å². The van der Waals surface area contributed by atoms with E-state index in [2.05, 4.69) is 24.7 Å². The molecule has 1 aromatic heterocycles. The molecule has 2 rings (SSSR count). The number of aryl methyl sites for hydroxylation is 1. The average Bonchev–Trinajstić information content (AvgIpc) is 2.43. The third-order valence-corrected chi connectivity index (χ3v) is 7.42. The molecule has 1 aliphatic rings. The van der Waals surface area contributed by atoms with Gasteiger partial charge in [0.1, 0.15) is 0 Å². The van der Waals surface area contributed by atoms with E-state index >= 15 is 0 Å². The summed E-state index contributed by atoms with van der Waals surface area (Å²) in [5.74, 6) is -0.465. The minimum atomic E-state index is -5.55. The maximum absolute atomic E-state index is 11.9. The monoisotopic (exact) mass is 446 g/mol. The van der Waals surface area contributed by atoms with Crippen LogP contribution in [0.25, 0.3) is 0 Å². The van der Waals surface area contributed by atoms with Crippen molar-refractivity contribution in [2.75, 3.05) is 6.61 Å². The SMILES string of the molecule is C=C1[C@H](COP(=O)(O)OP(=O)(O)OP(=O)(O)O)C[C@@H]1n1ccc(C)nc1=O. The molecule has 0 aromatic carbocycles. The molecule has 0 saturated heterocycles. The van der Waals surface area contributed by atoms with Gasteiger partial charge in [-0.3, -0.25) is 9.09 Å². The van der Waals surface area contributed by atoms with Gasteiger partial charge in [-0.25, -0.2) is 18.5 Å². The number of phosphoric ester groups is 1. The van der Waals surface area contributed by atoms with Crippen molar-refractivity contribution >= 4 is 23.5 Å². The third-order valence-electron chi connectivity index (χ3n) is 3.62. The maximum atomic E-state index is 11.9. The Hall–Kier alpha value is -0.970. The molecular formula is C11H17N2O11P3. The van der Waals surface area contributed by atoms with E-state index in [1.807, 2.05) is 0 Å². The second-order valence-corrected chi connectivity index (χ2v) is 10.1. The molecule has 4 atom stereocenters. The number of hydrogen-bond acceptors (Lipinski definition) is 8. The maximum Gasteiger partial charge on any atom is 0.490 e. The first-order valence-corrected chi connectivity index (χ1v) is 11.7. The van der Waals surface area contributed by atoms with Crippen LogP contribution in [0, 0.1) is 12.8 Å². The van der Waals surface area contributed by atoms with Gasteiger partial charge in [-0.1, -0.05) is 6.58 Å². The van der Waals surface area contributed by atoms with E-state index in [1.165, 1.54) is 4.57 Å². The predicted octanol–water partition coefficient (Wildman–Crippen LogP) is 1.01. The lowest BCUT2D eigenvalue weighted by Gasteiger charge is -2.39. The number of aromatic nitrogens is 2. The van der Waals surface area contributed by atoms with Gasteiger partial charge in [-0.05, 0) is 25.0 Å². The Balaban J connectivity index is 1.93. The molecule has 4 N–H and O–H groups in total. The Morgan fingerprint density at radius 1 is 1.22 bits per heavy atom. The van der Waals surface area contributed by atoms with E-state index < -0.39 is 41.7 Å². The van der Waals surface area contributed by atoms with E-state index in [0.717, 1.165) is 0 Å². The van der Waals surface area contributed by atoms with Crippen LogP contribution in [0.5, 0.6) is 0 Å². The van der Waals surface area contributed by atoms with Gasteiger partial charge in [0.2, 0.25) is 0 Å². The molecule has 1 aliphatic carbocycles. The lowest BCUT2D eigenvalue weighted by molar-refractivity contribution is 0.135. The fourth-order valence-electron chi connectivity index (χ4n) is 2.37. The second-order valence-electron chi connectivity index (χ2n) is 5.67. The summed E-state index contributed by atoms with van der Waals surface area (Å²) in [6.07, 6.45) is 1.86. The second kappa shape index (κ2) is 7.81. The van der Waals surface area contributed by atoms with Crippen LogP contribution in [0.1, 0.15) is 18.2 Å². The summed E-state index contributed by atoms with van der Waals surface area (Å²) in [4.78, 5) is 51.0. The van der Waals surface area contributed by atoms with Crippen LogP contribution in [0.4, 0.5) is 0 Å². The molecule has 1 fully saturated rings. The Kier molecular flexibility index (Phi) is 6.45. The minimum Gasteiger partial charge on any atom is -0.302 e. The summed E-state index contributed by atoms with van der Waals surface area (Å²) in [5.41, 5.74) is 0.569. The van der Waals surface area contributed by atoms with Crippen LogP contribution >= 0.6 is 23.5 Å². The van der Waals surface area contributed by atoms with E-state index in [4.69, 9.17) is 14.7 Å². The molecule has 152 valence electrons. The summed E-state index contributed by atoms with van der Waals surface area (Å²) in [6, 6.07) is 1.24. The Bertz CT molecular complexity index is 938. The van der Waals surface area contributed by atoms with Gasteiger partial charge in [-0.2, -0.15) is 13.6 Å². The first kappa shape index (κ1) is 22.3. The fourth-order valence-corrected chi connectivity index (χ4v) is 5.44. The first-order valence-electron chi connectivity index (χ1n) is 7.22. The lowest BCUT2D eigenvalue weighted by Crippen LogP contribution is -2.38. The van der Waals surface area contributed by atoms with Gasteiger partial charge in [-0.15, -0.1) is 0 Å². The van der Waals surface area contributed by atoms with E-state index in [1.54, 1.807) is 19.2 Å². The van der Waals surface area contributed by atoms with Gasteiger partial charge >= 0.3 is 29.2 Å². The summed E-state index contributed by atoms with van der Waals surface area (Å²) in [5, 5.41) is 0. The molecule has 27 heavy (non-hydrogen) atoms. The molecule has 0 bridgehead atoms. The Morgan fingerprint density at radius 2 is 1.85 bits per heavy atom. The zero-order chi connectivity index (χ0) is 20.6. The van der Waals surface area contributed by atoms with E-state index in [-0.39, 0.29) is 6.04 Å². The highest BCUT2D eigenvalue weighted by atomic mass is 31.3. The quantitative estimate of drug-likeness (QED) is 0.327. The number of nitrogens with zero attached hydrogens (tertiary/aromatic N) is 2. The molecule has 0 spiro atoms. The van der Waals surface area contributed by atoms with Crippen molar-refractivity contribution in [3.63, 3.8) is 0 Å². The summed E-state index contributed by atoms with van der Waals surface area (Å²) in [7, 11) is -16.2. The highest BCUT2D eigenvalue weighted by molar-refractivity contribution is 7.66. The normalized spacial score (nSPS) is 24.7. The molecule has 16 heteroatoms. The largest absolute Gasteiger partial charge is 0.490 e. The molecule has 1 saturated carbocycles. The Labute approximate surface area is 152 Å². The standard InChI is InChI=1S/C11H17N2O11P3/c1-7-3-4-13(11(14)12-7)10-5-9(8(10)2)6-22-26(18,19)24-27(20,21)23-25(15,16)17/h3-4,9-10H,2,5-6H2,1H3,(H,18,19)(H,20,21)(H2,15,16,17)/t9-,10-/m0/s1. The first-order chi connectivity index (χ1) is 12.2. The summed E-state index contributed by atoms with van der Waals surface area (Å²) < 4.78 is 46.6. The van der Waals surface area contributed by atoms with Crippen LogP contribution in [-0.4, -0.2) is 35.7 Å². The third kappa shape index (κ3) is 6.27. The number of rotatable bonds is 8. The molecule has 1 aromatic rings. The van der Waals surface area contributed by atoms with Crippen molar-refractivity contribution in [2.45, 2.75) is 19.4 Å². The zero-order valence-corrected chi connectivity index (χ0v) is 16.5. The van der Waals surface area contributed by atoms with Gasteiger partial charge in [0.05, 0.1) is 12.6 Å². The van der Waals surface area contributed by atoms with Gasteiger partial charge < -0.3 is 19.6 Å². The van der Waals surface area contributed by atoms with Crippen LogP contribution in [0.15, 0.2) is 29.2 Å². The molecule has 0 amide bonds. The van der Waals surface area contributed by atoms with Gasteiger partial charge in [0.25, 0.3) is 0 Å². The highest BCUT2D eigenvalue weighted by Crippen LogP contribution is 2.66. The molecule has 13 nitrogen and oxygen atoms in total. The van der Waals surface area contributed by atoms with Gasteiger partial charge in [0.15, 0.2) is 0 Å². The zero-order valence-electron chi connectivity index (χ0n) is 13.8. The smallest absolute Gasteiger partial charge is 0.302 e. The molecule has 0 aliphatic heterocycles. The topological polar surface area (TPSA) is 195 Å². The van der Waals surface area contributed by atoms with Crippen molar-refractivity contribution < 1.29 is 46.4 Å².